The fraction of sp³-hybridized carbons (Fsp3) is 0.500. The Kier molecular flexibility index (Phi) is 7.00. The maximum absolute atomic E-state index is 13.8. The van der Waals surface area contributed by atoms with E-state index in [1.54, 1.807) is 25.4 Å². The lowest BCUT2D eigenvalue weighted by Gasteiger charge is -2.19. The first kappa shape index (κ1) is 20.3. The van der Waals surface area contributed by atoms with Crippen LogP contribution in [-0.2, 0) is 27.4 Å². The molecule has 152 valence electrons. The summed E-state index contributed by atoms with van der Waals surface area (Å²) in [7, 11) is 3.08. The third-order valence-corrected chi connectivity index (χ3v) is 4.87. The van der Waals surface area contributed by atoms with Crippen LogP contribution in [0, 0.1) is 11.7 Å². The average molecular weight is 391 g/mol. The summed E-state index contributed by atoms with van der Waals surface area (Å²) in [6, 6.07) is 6.54. The highest BCUT2D eigenvalue weighted by Crippen LogP contribution is 2.34. The Morgan fingerprint density at radius 1 is 1.39 bits per heavy atom. The molecule has 3 rings (SSSR count). The number of ether oxygens (including phenoxy) is 3. The van der Waals surface area contributed by atoms with Crippen molar-refractivity contribution >= 4 is 5.91 Å². The number of aromatic nitrogens is 2. The summed E-state index contributed by atoms with van der Waals surface area (Å²) < 4.78 is 31.5. The van der Waals surface area contributed by atoms with E-state index < -0.39 is 5.82 Å². The zero-order valence-corrected chi connectivity index (χ0v) is 16.2. The SMILES string of the molecule is COCCCn1nccc1[C@H]1OCC[C@@H]1C(=O)NCc1ccc(OC)c(F)c1. The van der Waals surface area contributed by atoms with Crippen molar-refractivity contribution < 1.29 is 23.4 Å². The van der Waals surface area contributed by atoms with Crippen LogP contribution >= 0.6 is 0 Å². The summed E-state index contributed by atoms with van der Waals surface area (Å²) in [5, 5.41) is 7.24. The molecular formula is C20H26FN3O4. The van der Waals surface area contributed by atoms with Crippen LogP contribution < -0.4 is 10.1 Å². The topological polar surface area (TPSA) is 74.6 Å². The van der Waals surface area contributed by atoms with E-state index in [-0.39, 0.29) is 30.2 Å². The van der Waals surface area contributed by atoms with Gasteiger partial charge in [-0.2, -0.15) is 5.10 Å². The Morgan fingerprint density at radius 2 is 2.25 bits per heavy atom. The van der Waals surface area contributed by atoms with Crippen LogP contribution in [0.25, 0.3) is 0 Å². The molecule has 1 aromatic heterocycles. The fourth-order valence-electron chi connectivity index (χ4n) is 3.42. The summed E-state index contributed by atoms with van der Waals surface area (Å²) in [5.41, 5.74) is 1.57. The molecule has 1 aliphatic heterocycles. The van der Waals surface area contributed by atoms with E-state index in [1.165, 1.54) is 13.2 Å². The first-order chi connectivity index (χ1) is 13.6. The van der Waals surface area contributed by atoms with Gasteiger partial charge >= 0.3 is 0 Å². The van der Waals surface area contributed by atoms with E-state index in [0.717, 1.165) is 12.1 Å². The highest BCUT2D eigenvalue weighted by molar-refractivity contribution is 5.79. The van der Waals surface area contributed by atoms with Crippen molar-refractivity contribution in [1.82, 2.24) is 15.1 Å². The zero-order chi connectivity index (χ0) is 19.9. The first-order valence-electron chi connectivity index (χ1n) is 9.36. The molecule has 2 aromatic rings. The Hall–Kier alpha value is -2.45. The molecule has 0 spiro atoms. The molecule has 28 heavy (non-hydrogen) atoms. The van der Waals surface area contributed by atoms with Crippen LogP contribution in [-0.4, -0.2) is 43.1 Å². The molecule has 1 aromatic carbocycles. The quantitative estimate of drug-likeness (QED) is 0.665. The molecule has 1 saturated heterocycles. The van der Waals surface area contributed by atoms with E-state index in [1.807, 2.05) is 10.7 Å². The molecule has 1 N–H and O–H groups in total. The molecule has 0 radical (unpaired) electrons. The van der Waals surface area contributed by atoms with Gasteiger partial charge in [0, 0.05) is 39.6 Å². The van der Waals surface area contributed by atoms with E-state index in [4.69, 9.17) is 14.2 Å². The summed E-state index contributed by atoms with van der Waals surface area (Å²) in [6.07, 6.45) is 2.85. The second kappa shape index (κ2) is 9.66. The predicted octanol–water partition coefficient (Wildman–Crippen LogP) is 2.46. The third kappa shape index (κ3) is 4.69. The standard InChI is InChI=1S/C20H26FN3O4/c1-26-10-3-9-24-17(6-8-23-24)19-15(7-11-28-19)20(25)22-13-14-4-5-18(27-2)16(21)12-14/h4-6,8,12,15,19H,3,7,9-11,13H2,1-2H3,(H,22,25)/t15-,19-/m0/s1. The Bertz CT molecular complexity index is 796. The van der Waals surface area contributed by atoms with Gasteiger partial charge in [-0.25, -0.2) is 4.39 Å². The lowest BCUT2D eigenvalue weighted by atomic mass is 9.97. The largest absolute Gasteiger partial charge is 0.494 e. The molecule has 0 bridgehead atoms. The summed E-state index contributed by atoms with van der Waals surface area (Å²) >= 11 is 0. The molecule has 0 aliphatic carbocycles. The normalized spacial score (nSPS) is 19.0. The van der Waals surface area contributed by atoms with Gasteiger partial charge in [-0.15, -0.1) is 0 Å². The number of benzene rings is 1. The number of aryl methyl sites for hydroxylation is 1. The second-order valence-electron chi connectivity index (χ2n) is 6.70. The molecule has 1 aliphatic rings. The number of methoxy groups -OCH3 is 2. The maximum atomic E-state index is 13.8. The number of amides is 1. The molecular weight excluding hydrogens is 365 g/mol. The van der Waals surface area contributed by atoms with Crippen molar-refractivity contribution in [2.45, 2.75) is 32.0 Å². The van der Waals surface area contributed by atoms with Gasteiger partial charge in [0.25, 0.3) is 0 Å². The molecule has 7 nitrogen and oxygen atoms in total. The molecule has 1 fully saturated rings. The number of nitrogens with zero attached hydrogens (tertiary/aromatic N) is 2. The summed E-state index contributed by atoms with van der Waals surface area (Å²) in [4.78, 5) is 12.7. The number of carbonyl (C=O) groups excluding carboxylic acids is 1. The maximum Gasteiger partial charge on any atom is 0.226 e. The molecule has 1 amide bonds. The van der Waals surface area contributed by atoms with Gasteiger partial charge in [0.05, 0.1) is 18.7 Å². The number of rotatable bonds is 9. The van der Waals surface area contributed by atoms with Gasteiger partial charge in [0.2, 0.25) is 5.91 Å². The van der Waals surface area contributed by atoms with E-state index in [2.05, 4.69) is 10.4 Å². The number of hydrogen-bond acceptors (Lipinski definition) is 5. The van der Waals surface area contributed by atoms with Gasteiger partial charge in [0.15, 0.2) is 11.6 Å². The van der Waals surface area contributed by atoms with Crippen LogP contribution in [0.15, 0.2) is 30.5 Å². The Labute approximate surface area is 163 Å². The fourth-order valence-corrected chi connectivity index (χ4v) is 3.42. The minimum absolute atomic E-state index is 0.108. The van der Waals surface area contributed by atoms with E-state index >= 15 is 0 Å². The lowest BCUT2D eigenvalue weighted by Crippen LogP contribution is -2.32. The van der Waals surface area contributed by atoms with Crippen molar-refractivity contribution in [3.63, 3.8) is 0 Å². The second-order valence-corrected chi connectivity index (χ2v) is 6.70. The smallest absolute Gasteiger partial charge is 0.226 e. The predicted molar refractivity (Wildman–Crippen MR) is 100 cm³/mol. The lowest BCUT2D eigenvalue weighted by molar-refractivity contribution is -0.127. The minimum atomic E-state index is -0.448. The number of hydrogen-bond donors (Lipinski definition) is 1. The van der Waals surface area contributed by atoms with E-state index in [9.17, 15) is 9.18 Å². The van der Waals surface area contributed by atoms with Gasteiger partial charge < -0.3 is 19.5 Å². The summed E-state index contributed by atoms with van der Waals surface area (Å²) in [6.45, 7) is 2.11. The summed E-state index contributed by atoms with van der Waals surface area (Å²) in [5.74, 6) is -0.679. The molecule has 0 unspecified atom stereocenters. The van der Waals surface area contributed by atoms with Crippen molar-refractivity contribution in [2.24, 2.45) is 5.92 Å². The average Bonchev–Trinajstić information content (AvgIpc) is 3.35. The van der Waals surface area contributed by atoms with Crippen molar-refractivity contribution in [1.29, 1.82) is 0 Å². The van der Waals surface area contributed by atoms with Crippen LogP contribution in [0.4, 0.5) is 4.39 Å². The van der Waals surface area contributed by atoms with Crippen molar-refractivity contribution in [3.8, 4) is 5.75 Å². The van der Waals surface area contributed by atoms with Crippen LogP contribution in [0.2, 0.25) is 0 Å². The van der Waals surface area contributed by atoms with Crippen molar-refractivity contribution in [2.75, 3.05) is 27.4 Å². The van der Waals surface area contributed by atoms with Crippen LogP contribution in [0.5, 0.6) is 5.75 Å². The highest BCUT2D eigenvalue weighted by Gasteiger charge is 2.37. The minimum Gasteiger partial charge on any atom is -0.494 e. The van der Waals surface area contributed by atoms with E-state index in [0.29, 0.717) is 31.7 Å². The Balaban J connectivity index is 1.62. The van der Waals surface area contributed by atoms with Gasteiger partial charge in [-0.1, -0.05) is 6.07 Å². The number of nitrogens with one attached hydrogen (secondary N) is 1. The molecule has 2 atom stereocenters. The van der Waals surface area contributed by atoms with Crippen LogP contribution in [0.1, 0.15) is 30.2 Å². The van der Waals surface area contributed by atoms with Gasteiger partial charge in [-0.05, 0) is 36.6 Å². The first-order valence-corrected chi connectivity index (χ1v) is 9.36. The molecule has 2 heterocycles. The zero-order valence-electron chi connectivity index (χ0n) is 16.2. The Morgan fingerprint density at radius 3 is 3.00 bits per heavy atom. The molecule has 0 saturated carbocycles. The van der Waals surface area contributed by atoms with Gasteiger partial charge in [-0.3, -0.25) is 9.48 Å². The van der Waals surface area contributed by atoms with Crippen molar-refractivity contribution in [3.05, 3.63) is 47.5 Å². The number of carbonyl (C=O) groups is 1. The monoisotopic (exact) mass is 391 g/mol. The highest BCUT2D eigenvalue weighted by atomic mass is 19.1. The molecule has 8 heteroatoms. The van der Waals surface area contributed by atoms with Gasteiger partial charge in [0.1, 0.15) is 6.10 Å². The third-order valence-electron chi connectivity index (χ3n) is 4.87. The number of halogens is 1. The van der Waals surface area contributed by atoms with Crippen LogP contribution in [0.3, 0.4) is 0 Å².